The second kappa shape index (κ2) is 7.79. The van der Waals surface area contributed by atoms with Gasteiger partial charge in [-0.05, 0) is 48.4 Å². The molecule has 0 saturated carbocycles. The van der Waals surface area contributed by atoms with E-state index >= 15 is 0 Å². The summed E-state index contributed by atoms with van der Waals surface area (Å²) in [6, 6.07) is 12.5. The first-order valence-electron chi connectivity index (χ1n) is 9.05. The van der Waals surface area contributed by atoms with Gasteiger partial charge < -0.3 is 4.42 Å². The molecule has 0 aliphatic rings. The summed E-state index contributed by atoms with van der Waals surface area (Å²) in [6.07, 6.45) is -0.351. The highest BCUT2D eigenvalue weighted by molar-refractivity contribution is 7.17. The summed E-state index contributed by atoms with van der Waals surface area (Å²) >= 11 is 1.24. The van der Waals surface area contributed by atoms with E-state index in [0.717, 1.165) is 32.8 Å². The van der Waals surface area contributed by atoms with Gasteiger partial charge in [-0.25, -0.2) is 13.6 Å². The maximum atomic E-state index is 13.9. The predicted molar refractivity (Wildman–Crippen MR) is 110 cm³/mol. The van der Waals surface area contributed by atoms with Crippen LogP contribution in [0.1, 0.15) is 20.8 Å². The highest BCUT2D eigenvalue weighted by Gasteiger charge is 2.18. The molecule has 0 aliphatic carbocycles. The number of Topliss-reactive ketones (excluding diaryl/α,β-unsaturated/α-hetero) is 1. The number of carbonyl (C=O) groups excluding carboxylic acids is 1. The molecule has 0 bridgehead atoms. The van der Waals surface area contributed by atoms with E-state index in [1.54, 1.807) is 18.2 Å². The van der Waals surface area contributed by atoms with Crippen LogP contribution in [-0.2, 0) is 13.5 Å². The average Bonchev–Trinajstić information content (AvgIpc) is 3.32. The lowest BCUT2D eigenvalue weighted by Gasteiger charge is -2.07. The van der Waals surface area contributed by atoms with E-state index in [4.69, 9.17) is 4.42 Å². The van der Waals surface area contributed by atoms with Gasteiger partial charge in [-0.3, -0.25) is 4.79 Å². The van der Waals surface area contributed by atoms with Crippen LogP contribution in [0, 0.1) is 18.6 Å². The molecule has 2 aromatic carbocycles. The van der Waals surface area contributed by atoms with Crippen LogP contribution in [-0.4, -0.2) is 15.6 Å². The predicted octanol–water partition coefficient (Wildman–Crippen LogP) is 4.78. The first-order chi connectivity index (χ1) is 14.3. The number of hydrogen-bond acceptors (Lipinski definition) is 5. The fourth-order valence-electron chi connectivity index (χ4n) is 3.17. The molecule has 0 aliphatic heterocycles. The summed E-state index contributed by atoms with van der Waals surface area (Å²) < 4.78 is 34.0. The summed E-state index contributed by atoms with van der Waals surface area (Å²) in [5.41, 5.74) is 2.11. The summed E-state index contributed by atoms with van der Waals surface area (Å²) in [5, 5.41) is 4.09. The normalized spacial score (nSPS) is 11.1. The largest absolute Gasteiger partial charge is 0.437 e. The van der Waals surface area contributed by atoms with Crippen molar-refractivity contribution in [1.29, 1.82) is 0 Å². The van der Waals surface area contributed by atoms with Gasteiger partial charge in [0.05, 0.1) is 4.88 Å². The molecule has 8 heteroatoms. The molecule has 0 unspecified atom stereocenters. The van der Waals surface area contributed by atoms with E-state index in [-0.39, 0.29) is 23.7 Å². The second-order valence-electron chi connectivity index (χ2n) is 6.74. The van der Waals surface area contributed by atoms with Crippen molar-refractivity contribution in [2.75, 3.05) is 0 Å². The zero-order valence-corrected chi connectivity index (χ0v) is 16.9. The number of thiophene rings is 1. The van der Waals surface area contributed by atoms with Crippen molar-refractivity contribution in [3.8, 4) is 21.9 Å². The maximum absolute atomic E-state index is 13.9. The van der Waals surface area contributed by atoms with Crippen LogP contribution in [0.15, 0.2) is 57.7 Å². The van der Waals surface area contributed by atoms with Gasteiger partial charge >= 0.3 is 5.76 Å². The maximum Gasteiger partial charge on any atom is 0.437 e. The van der Waals surface area contributed by atoms with Crippen molar-refractivity contribution in [3.05, 3.63) is 86.7 Å². The first-order valence-corrected chi connectivity index (χ1v) is 9.87. The van der Waals surface area contributed by atoms with E-state index in [1.165, 1.54) is 24.5 Å². The lowest BCUT2D eigenvalue weighted by molar-refractivity contribution is 0.0994. The third kappa shape index (κ3) is 3.61. The van der Waals surface area contributed by atoms with Gasteiger partial charge in [0.15, 0.2) is 5.78 Å². The van der Waals surface area contributed by atoms with Crippen LogP contribution in [0.2, 0.25) is 0 Å². The third-order valence-corrected chi connectivity index (χ3v) is 5.96. The Kier molecular flexibility index (Phi) is 5.17. The molecular weight excluding hydrogens is 410 g/mol. The van der Waals surface area contributed by atoms with Crippen LogP contribution >= 0.6 is 11.3 Å². The molecule has 152 valence electrons. The number of hydrogen-bond donors (Lipinski definition) is 0. The number of aryl methyl sites for hydroxylation is 1. The van der Waals surface area contributed by atoms with E-state index in [9.17, 15) is 18.4 Å². The van der Waals surface area contributed by atoms with Gasteiger partial charge in [0, 0.05) is 29.5 Å². The van der Waals surface area contributed by atoms with Crippen molar-refractivity contribution < 1.29 is 18.0 Å². The van der Waals surface area contributed by atoms with Crippen LogP contribution < -0.4 is 5.76 Å². The number of nitrogens with zero attached hydrogens (tertiary/aromatic N) is 2. The molecule has 0 amide bonds. The zero-order chi connectivity index (χ0) is 21.4. The third-order valence-electron chi connectivity index (χ3n) is 4.80. The molecule has 30 heavy (non-hydrogen) atoms. The number of halogens is 2. The Morgan fingerprint density at radius 1 is 1.07 bits per heavy atom. The fourth-order valence-corrected chi connectivity index (χ4v) is 4.20. The van der Waals surface area contributed by atoms with Crippen LogP contribution in [0.25, 0.3) is 21.9 Å². The second-order valence-corrected chi connectivity index (χ2v) is 7.82. The Balaban J connectivity index is 1.65. The minimum absolute atomic E-state index is 0.213. The minimum Gasteiger partial charge on any atom is -0.388 e. The summed E-state index contributed by atoms with van der Waals surface area (Å²) in [6.45, 7) is 1.87. The number of ketones is 1. The van der Waals surface area contributed by atoms with Gasteiger partial charge in [0.25, 0.3) is 0 Å². The first kappa shape index (κ1) is 19.9. The molecule has 5 nitrogen and oxygen atoms in total. The Labute approximate surface area is 174 Å². The van der Waals surface area contributed by atoms with Gasteiger partial charge in [-0.1, -0.05) is 18.2 Å². The van der Waals surface area contributed by atoms with Crippen molar-refractivity contribution in [2.45, 2.75) is 13.3 Å². The Morgan fingerprint density at radius 3 is 2.40 bits per heavy atom. The van der Waals surface area contributed by atoms with E-state index in [0.29, 0.717) is 10.4 Å². The Bertz CT molecular complexity index is 1300. The molecule has 0 saturated heterocycles. The zero-order valence-electron chi connectivity index (χ0n) is 16.1. The quantitative estimate of drug-likeness (QED) is 0.431. The van der Waals surface area contributed by atoms with Crippen LogP contribution in [0.3, 0.4) is 0 Å². The molecule has 4 aromatic rings. The average molecular weight is 426 g/mol. The molecule has 2 heterocycles. The number of rotatable bonds is 5. The summed E-state index contributed by atoms with van der Waals surface area (Å²) in [7, 11) is 1.50. The number of aromatic nitrogens is 2. The Morgan fingerprint density at radius 2 is 1.73 bits per heavy atom. The molecule has 0 radical (unpaired) electrons. The minimum atomic E-state index is -0.736. The van der Waals surface area contributed by atoms with E-state index < -0.39 is 17.4 Å². The molecule has 0 N–H and O–H groups in total. The topological polar surface area (TPSA) is 65.1 Å². The smallest absolute Gasteiger partial charge is 0.388 e. The number of benzene rings is 2. The molecule has 0 fully saturated rings. The van der Waals surface area contributed by atoms with Crippen molar-refractivity contribution in [1.82, 2.24) is 9.78 Å². The van der Waals surface area contributed by atoms with Crippen LogP contribution in [0.4, 0.5) is 8.78 Å². The van der Waals surface area contributed by atoms with Crippen molar-refractivity contribution in [2.24, 2.45) is 7.05 Å². The van der Waals surface area contributed by atoms with E-state index in [1.807, 2.05) is 19.1 Å². The molecule has 2 aromatic heterocycles. The molecular formula is C22H16F2N2O3S. The highest BCUT2D eigenvalue weighted by atomic mass is 32.1. The molecule has 0 atom stereocenters. The SMILES string of the molecule is Cc1c(-c2nn(C)c(=O)o2)cccc1-c1ccc(C(=O)Cc2c(F)cccc2F)s1. The van der Waals surface area contributed by atoms with E-state index in [2.05, 4.69) is 5.10 Å². The highest BCUT2D eigenvalue weighted by Crippen LogP contribution is 2.35. The van der Waals surface area contributed by atoms with Crippen molar-refractivity contribution in [3.63, 3.8) is 0 Å². The standard InChI is InChI=1S/C22H16F2N2O3S/c1-12-13(5-3-6-14(12)21-25-26(2)22(28)29-21)19-9-10-20(30-19)18(27)11-15-16(23)7-4-8-17(15)24/h3-10H,11H2,1-2H3. The van der Waals surface area contributed by atoms with Crippen LogP contribution in [0.5, 0.6) is 0 Å². The summed E-state index contributed by atoms with van der Waals surface area (Å²) in [4.78, 5) is 25.4. The van der Waals surface area contributed by atoms with Gasteiger partial charge in [0.2, 0.25) is 5.89 Å². The fraction of sp³-hybridized carbons (Fsp3) is 0.136. The number of carbonyl (C=O) groups is 1. The monoisotopic (exact) mass is 426 g/mol. The molecule has 0 spiro atoms. The lowest BCUT2D eigenvalue weighted by Crippen LogP contribution is -2.09. The van der Waals surface area contributed by atoms with Gasteiger partial charge in [-0.15, -0.1) is 16.4 Å². The molecule has 4 rings (SSSR count). The van der Waals surface area contributed by atoms with Crippen molar-refractivity contribution >= 4 is 17.1 Å². The summed E-state index contributed by atoms with van der Waals surface area (Å²) in [5.74, 6) is -2.18. The lowest BCUT2D eigenvalue weighted by atomic mass is 10.0. The Hall–Kier alpha value is -3.39. The van der Waals surface area contributed by atoms with Gasteiger partial charge in [0.1, 0.15) is 11.6 Å². The van der Waals surface area contributed by atoms with Gasteiger partial charge in [-0.2, -0.15) is 4.68 Å².